The van der Waals surface area contributed by atoms with Gasteiger partial charge in [0, 0.05) is 6.08 Å². The molecule has 2 heteroatoms. The van der Waals surface area contributed by atoms with Gasteiger partial charge in [-0.15, -0.1) is 0 Å². The minimum absolute atomic E-state index is 0.297. The van der Waals surface area contributed by atoms with Crippen molar-refractivity contribution in [3.05, 3.63) is 35.5 Å². The van der Waals surface area contributed by atoms with Crippen LogP contribution in [0.3, 0.4) is 0 Å². The van der Waals surface area contributed by atoms with Gasteiger partial charge in [-0.25, -0.2) is 4.79 Å². The molecule has 102 valence electrons. The highest BCUT2D eigenvalue weighted by Crippen LogP contribution is 2.13. The largest absolute Gasteiger partial charge is 0.466 e. The zero-order valence-electron chi connectivity index (χ0n) is 12.3. The number of ether oxygens (including phenoxy) is 1. The molecule has 0 saturated carbocycles. The van der Waals surface area contributed by atoms with E-state index in [-0.39, 0.29) is 5.97 Å². The lowest BCUT2D eigenvalue weighted by Gasteiger charge is -2.06. The van der Waals surface area contributed by atoms with Crippen molar-refractivity contribution in [2.45, 2.75) is 47.0 Å². The van der Waals surface area contributed by atoms with Crippen molar-refractivity contribution in [3.63, 3.8) is 0 Å². The molecule has 0 aromatic carbocycles. The van der Waals surface area contributed by atoms with Crippen LogP contribution in [-0.4, -0.2) is 13.1 Å². The average molecular weight is 250 g/mol. The molecule has 2 nitrogen and oxygen atoms in total. The fourth-order valence-corrected chi connectivity index (χ4v) is 1.55. The SMILES string of the molecule is COC(=O)/C=C(C)/C=C/CC(C)CCC=C(C)C. The van der Waals surface area contributed by atoms with Gasteiger partial charge in [-0.2, -0.15) is 0 Å². The number of esters is 1. The number of hydrogen-bond acceptors (Lipinski definition) is 2. The van der Waals surface area contributed by atoms with Crippen molar-refractivity contribution in [2.24, 2.45) is 5.92 Å². The van der Waals surface area contributed by atoms with Crippen LogP contribution in [0.5, 0.6) is 0 Å². The zero-order valence-corrected chi connectivity index (χ0v) is 12.3. The Labute approximate surface area is 111 Å². The van der Waals surface area contributed by atoms with E-state index in [1.165, 1.54) is 25.2 Å². The number of rotatable bonds is 7. The summed E-state index contributed by atoms with van der Waals surface area (Å²) >= 11 is 0. The van der Waals surface area contributed by atoms with Crippen LogP contribution in [0.25, 0.3) is 0 Å². The third-order valence-corrected chi connectivity index (χ3v) is 2.68. The fourth-order valence-electron chi connectivity index (χ4n) is 1.55. The van der Waals surface area contributed by atoms with Crippen LogP contribution >= 0.6 is 0 Å². The molecule has 0 rings (SSSR count). The Balaban J connectivity index is 3.97. The van der Waals surface area contributed by atoms with Crippen LogP contribution in [0.1, 0.15) is 47.0 Å². The normalized spacial score (nSPS) is 13.5. The summed E-state index contributed by atoms with van der Waals surface area (Å²) in [5.41, 5.74) is 2.31. The second kappa shape index (κ2) is 9.69. The minimum Gasteiger partial charge on any atom is -0.466 e. The maximum atomic E-state index is 11.0. The van der Waals surface area contributed by atoms with Crippen molar-refractivity contribution >= 4 is 5.97 Å². The predicted octanol–water partition coefficient (Wildman–Crippen LogP) is 4.43. The van der Waals surface area contributed by atoms with Crippen LogP contribution in [0.4, 0.5) is 0 Å². The van der Waals surface area contributed by atoms with Gasteiger partial charge in [-0.1, -0.05) is 30.7 Å². The molecule has 0 spiro atoms. The van der Waals surface area contributed by atoms with Gasteiger partial charge in [0.1, 0.15) is 0 Å². The highest BCUT2D eigenvalue weighted by molar-refractivity contribution is 5.83. The summed E-state index contributed by atoms with van der Waals surface area (Å²) in [6, 6.07) is 0. The summed E-state index contributed by atoms with van der Waals surface area (Å²) in [7, 11) is 1.39. The molecule has 0 radical (unpaired) electrons. The molecule has 0 bridgehead atoms. The monoisotopic (exact) mass is 250 g/mol. The van der Waals surface area contributed by atoms with E-state index in [1.807, 2.05) is 13.0 Å². The summed E-state index contributed by atoms with van der Waals surface area (Å²) in [6.07, 6.45) is 11.3. The molecule has 18 heavy (non-hydrogen) atoms. The predicted molar refractivity (Wildman–Crippen MR) is 77.4 cm³/mol. The molecule has 0 aromatic rings. The van der Waals surface area contributed by atoms with Gasteiger partial charge in [0.15, 0.2) is 0 Å². The first-order valence-corrected chi connectivity index (χ1v) is 6.51. The van der Waals surface area contributed by atoms with Gasteiger partial charge in [0.2, 0.25) is 0 Å². The molecule has 0 fully saturated rings. The van der Waals surface area contributed by atoms with Crippen LogP contribution in [0.15, 0.2) is 35.5 Å². The van der Waals surface area contributed by atoms with Crippen molar-refractivity contribution in [1.29, 1.82) is 0 Å². The molecule has 0 aliphatic rings. The Morgan fingerprint density at radius 1 is 1.28 bits per heavy atom. The second-order valence-electron chi connectivity index (χ2n) is 5.01. The van der Waals surface area contributed by atoms with Gasteiger partial charge in [-0.3, -0.25) is 0 Å². The topological polar surface area (TPSA) is 26.3 Å². The van der Waals surface area contributed by atoms with Crippen LogP contribution < -0.4 is 0 Å². The van der Waals surface area contributed by atoms with Gasteiger partial charge < -0.3 is 4.74 Å². The lowest BCUT2D eigenvalue weighted by molar-refractivity contribution is -0.134. The van der Waals surface area contributed by atoms with Gasteiger partial charge in [0.25, 0.3) is 0 Å². The van der Waals surface area contributed by atoms with Crippen molar-refractivity contribution in [2.75, 3.05) is 7.11 Å². The standard InChI is InChI=1S/C16H26O2/c1-13(2)8-6-9-14(3)10-7-11-15(4)12-16(17)18-5/h7-8,11-12,14H,6,9-10H2,1-5H3/b11-7+,15-12+. The summed E-state index contributed by atoms with van der Waals surface area (Å²) in [5, 5.41) is 0. The number of hydrogen-bond donors (Lipinski definition) is 0. The molecule has 0 saturated heterocycles. The van der Waals surface area contributed by atoms with Crippen LogP contribution in [0, 0.1) is 5.92 Å². The summed E-state index contributed by atoms with van der Waals surface area (Å²) < 4.78 is 4.57. The van der Waals surface area contributed by atoms with Gasteiger partial charge >= 0.3 is 5.97 Å². The molecule has 1 unspecified atom stereocenters. The Hall–Kier alpha value is -1.31. The number of methoxy groups -OCH3 is 1. The molecule has 0 aliphatic carbocycles. The molecule has 0 N–H and O–H groups in total. The molecule has 0 heterocycles. The highest BCUT2D eigenvalue weighted by Gasteiger charge is 1.98. The van der Waals surface area contributed by atoms with Crippen LogP contribution in [0.2, 0.25) is 0 Å². The second-order valence-corrected chi connectivity index (χ2v) is 5.01. The van der Waals surface area contributed by atoms with E-state index >= 15 is 0 Å². The van der Waals surface area contributed by atoms with E-state index in [0.29, 0.717) is 5.92 Å². The van der Waals surface area contributed by atoms with E-state index in [4.69, 9.17) is 0 Å². The van der Waals surface area contributed by atoms with E-state index in [0.717, 1.165) is 18.4 Å². The van der Waals surface area contributed by atoms with E-state index in [9.17, 15) is 4.79 Å². The summed E-state index contributed by atoms with van der Waals surface area (Å²) in [4.78, 5) is 11.0. The molecular formula is C16H26O2. The summed E-state index contributed by atoms with van der Waals surface area (Å²) in [5.74, 6) is 0.372. The van der Waals surface area contributed by atoms with Crippen LogP contribution in [-0.2, 0) is 9.53 Å². The van der Waals surface area contributed by atoms with Crippen molar-refractivity contribution in [1.82, 2.24) is 0 Å². The van der Waals surface area contributed by atoms with E-state index in [1.54, 1.807) is 0 Å². The number of carbonyl (C=O) groups excluding carboxylic acids is 1. The minimum atomic E-state index is -0.297. The van der Waals surface area contributed by atoms with E-state index in [2.05, 4.69) is 37.7 Å². The fraction of sp³-hybridized carbons (Fsp3) is 0.562. The Morgan fingerprint density at radius 3 is 2.50 bits per heavy atom. The molecule has 0 aliphatic heterocycles. The third-order valence-electron chi connectivity index (χ3n) is 2.68. The maximum absolute atomic E-state index is 11.0. The number of carbonyl (C=O) groups is 1. The smallest absolute Gasteiger partial charge is 0.330 e. The van der Waals surface area contributed by atoms with E-state index < -0.39 is 0 Å². The Bertz CT molecular complexity index is 331. The third kappa shape index (κ3) is 9.88. The lowest BCUT2D eigenvalue weighted by Crippen LogP contribution is -1.95. The average Bonchev–Trinajstić information content (AvgIpc) is 2.28. The molecular weight excluding hydrogens is 224 g/mol. The first-order chi connectivity index (χ1) is 8.45. The zero-order chi connectivity index (χ0) is 14.0. The maximum Gasteiger partial charge on any atom is 0.330 e. The quantitative estimate of drug-likeness (QED) is 0.289. The molecule has 1 atom stereocenters. The Morgan fingerprint density at radius 2 is 1.94 bits per heavy atom. The number of allylic oxidation sites excluding steroid dienone is 5. The van der Waals surface area contributed by atoms with Crippen molar-refractivity contribution in [3.8, 4) is 0 Å². The first-order valence-electron chi connectivity index (χ1n) is 6.51. The lowest BCUT2D eigenvalue weighted by atomic mass is 10.0. The Kier molecular flexibility index (Phi) is 8.99. The molecule has 0 amide bonds. The first kappa shape index (κ1) is 16.7. The van der Waals surface area contributed by atoms with Gasteiger partial charge in [-0.05, 0) is 51.5 Å². The van der Waals surface area contributed by atoms with Gasteiger partial charge in [0.05, 0.1) is 7.11 Å². The highest BCUT2D eigenvalue weighted by atomic mass is 16.5. The molecule has 0 aromatic heterocycles. The van der Waals surface area contributed by atoms with Crippen molar-refractivity contribution < 1.29 is 9.53 Å². The summed E-state index contributed by atoms with van der Waals surface area (Å²) in [6.45, 7) is 8.42.